The number of carbonyl (C=O) groups excluding carboxylic acids is 3. The van der Waals surface area contributed by atoms with Crippen LogP contribution in [0.5, 0.6) is 0 Å². The third kappa shape index (κ3) is 37.8. The minimum atomic E-state index is -0.817. The highest BCUT2D eigenvalue weighted by atomic mass is 16.6. The van der Waals surface area contributed by atoms with Crippen molar-refractivity contribution in [3.63, 3.8) is 0 Å². The van der Waals surface area contributed by atoms with Crippen molar-refractivity contribution in [1.82, 2.24) is 0 Å². The first-order valence-corrected chi connectivity index (χ1v) is 20.6. The molecular weight excluding hydrogens is 648 g/mol. The van der Waals surface area contributed by atoms with Crippen molar-refractivity contribution in [2.45, 2.75) is 175 Å². The molecule has 1 atom stereocenters. The Balaban J connectivity index is 4.45. The third-order valence-electron chi connectivity index (χ3n) is 8.17. The van der Waals surface area contributed by atoms with Gasteiger partial charge in [0.1, 0.15) is 13.2 Å². The summed E-state index contributed by atoms with van der Waals surface area (Å²) >= 11 is 0. The molecule has 1 unspecified atom stereocenters. The summed E-state index contributed by atoms with van der Waals surface area (Å²) in [4.78, 5) is 37.3. The van der Waals surface area contributed by atoms with E-state index in [1.165, 1.54) is 19.3 Å². The van der Waals surface area contributed by atoms with Gasteiger partial charge in [-0.15, -0.1) is 0 Å². The van der Waals surface area contributed by atoms with Crippen LogP contribution in [-0.2, 0) is 28.6 Å². The molecule has 0 rings (SSSR count). The van der Waals surface area contributed by atoms with Crippen LogP contribution in [0.4, 0.5) is 0 Å². The standard InChI is InChI=1S/C46H74O6/c1-4-7-10-13-15-17-19-21-23-25-26-28-30-33-36-39-45(48)51-42-43(41-50-44(47)38-35-32-12-9-6-3)52-46(49)40-37-34-31-29-27-24-22-20-18-16-14-11-8-5-2/h7,10,14-17,20-23,26,28,33,36,43H,4-6,8-9,11-13,18-19,24-25,27,29-32,34-35,37-42H2,1-3H3/b10-7-,16-14-,17-15-,22-20-,23-21-,28-26-,36-33-. The summed E-state index contributed by atoms with van der Waals surface area (Å²) in [7, 11) is 0. The van der Waals surface area contributed by atoms with Gasteiger partial charge >= 0.3 is 17.9 Å². The summed E-state index contributed by atoms with van der Waals surface area (Å²) in [5, 5.41) is 0. The number of esters is 3. The Morgan fingerprint density at radius 2 is 0.846 bits per heavy atom. The number of hydrogen-bond acceptors (Lipinski definition) is 6. The minimum absolute atomic E-state index is 0.115. The van der Waals surface area contributed by atoms with Gasteiger partial charge in [-0.1, -0.05) is 164 Å². The molecule has 0 bridgehead atoms. The fraction of sp³-hybridized carbons (Fsp3) is 0.630. The molecule has 0 aliphatic heterocycles. The molecule has 0 aliphatic carbocycles. The molecule has 0 heterocycles. The number of carbonyl (C=O) groups is 3. The first-order valence-electron chi connectivity index (χ1n) is 20.6. The molecule has 294 valence electrons. The Hall–Kier alpha value is -3.41. The van der Waals surface area contributed by atoms with Crippen molar-refractivity contribution in [2.75, 3.05) is 13.2 Å². The maximum absolute atomic E-state index is 12.6. The lowest BCUT2D eigenvalue weighted by Gasteiger charge is -2.18. The van der Waals surface area contributed by atoms with Gasteiger partial charge in [-0.3, -0.25) is 14.4 Å². The van der Waals surface area contributed by atoms with Crippen molar-refractivity contribution in [3.8, 4) is 0 Å². The van der Waals surface area contributed by atoms with Crippen LogP contribution >= 0.6 is 0 Å². The third-order valence-corrected chi connectivity index (χ3v) is 8.17. The fourth-order valence-electron chi connectivity index (χ4n) is 5.06. The van der Waals surface area contributed by atoms with E-state index in [0.29, 0.717) is 12.8 Å². The van der Waals surface area contributed by atoms with Gasteiger partial charge in [0.2, 0.25) is 0 Å². The Morgan fingerprint density at radius 3 is 1.40 bits per heavy atom. The average molecular weight is 723 g/mol. The molecule has 0 saturated heterocycles. The molecule has 0 radical (unpaired) electrons. The van der Waals surface area contributed by atoms with Gasteiger partial charge in [0.25, 0.3) is 0 Å². The molecule has 0 aromatic rings. The maximum Gasteiger partial charge on any atom is 0.309 e. The summed E-state index contributed by atoms with van der Waals surface area (Å²) in [6, 6.07) is 0. The summed E-state index contributed by atoms with van der Waals surface area (Å²) in [5.74, 6) is -1.09. The fourth-order valence-corrected chi connectivity index (χ4v) is 5.06. The van der Waals surface area contributed by atoms with Crippen LogP contribution in [0.25, 0.3) is 0 Å². The van der Waals surface area contributed by atoms with E-state index >= 15 is 0 Å². The Kier molecular flexibility index (Phi) is 37.7. The molecule has 52 heavy (non-hydrogen) atoms. The summed E-state index contributed by atoms with van der Waals surface area (Å²) in [5.41, 5.74) is 0. The summed E-state index contributed by atoms with van der Waals surface area (Å²) in [6.45, 7) is 6.25. The highest BCUT2D eigenvalue weighted by Crippen LogP contribution is 2.11. The monoisotopic (exact) mass is 723 g/mol. The Morgan fingerprint density at radius 1 is 0.423 bits per heavy atom. The number of unbranched alkanes of at least 4 members (excludes halogenated alkanes) is 11. The topological polar surface area (TPSA) is 78.9 Å². The van der Waals surface area contributed by atoms with Crippen LogP contribution in [0.15, 0.2) is 85.1 Å². The van der Waals surface area contributed by atoms with E-state index in [1.54, 1.807) is 6.08 Å². The first kappa shape index (κ1) is 48.6. The van der Waals surface area contributed by atoms with E-state index in [4.69, 9.17) is 14.2 Å². The second kappa shape index (κ2) is 40.4. The lowest BCUT2D eigenvalue weighted by Crippen LogP contribution is -2.30. The molecule has 0 saturated carbocycles. The second-order valence-electron chi connectivity index (χ2n) is 13.2. The molecule has 0 aromatic heterocycles. The zero-order valence-electron chi connectivity index (χ0n) is 33.3. The minimum Gasteiger partial charge on any atom is -0.462 e. The van der Waals surface area contributed by atoms with Crippen LogP contribution in [0.3, 0.4) is 0 Å². The van der Waals surface area contributed by atoms with Gasteiger partial charge in [0.05, 0.1) is 6.42 Å². The van der Waals surface area contributed by atoms with Crippen LogP contribution in [0.2, 0.25) is 0 Å². The molecule has 0 spiro atoms. The van der Waals surface area contributed by atoms with Gasteiger partial charge in [0, 0.05) is 12.8 Å². The number of ether oxygens (including phenoxy) is 3. The first-order chi connectivity index (χ1) is 25.5. The molecule has 0 amide bonds. The molecule has 6 heteroatoms. The number of allylic oxidation sites excluding steroid dienone is 13. The second-order valence-corrected chi connectivity index (χ2v) is 13.2. The van der Waals surface area contributed by atoms with E-state index in [0.717, 1.165) is 109 Å². The van der Waals surface area contributed by atoms with Crippen LogP contribution in [0, 0.1) is 0 Å². The van der Waals surface area contributed by atoms with Crippen LogP contribution < -0.4 is 0 Å². The van der Waals surface area contributed by atoms with Crippen molar-refractivity contribution >= 4 is 17.9 Å². The summed E-state index contributed by atoms with van der Waals surface area (Å²) in [6.07, 6.45) is 50.5. The average Bonchev–Trinajstić information content (AvgIpc) is 3.14. The molecule has 0 aromatic carbocycles. The number of rotatable bonds is 35. The highest BCUT2D eigenvalue weighted by Gasteiger charge is 2.19. The normalized spacial score (nSPS) is 12.9. The summed E-state index contributed by atoms with van der Waals surface area (Å²) < 4.78 is 16.4. The lowest BCUT2D eigenvalue weighted by atomic mass is 10.1. The predicted molar refractivity (Wildman–Crippen MR) is 219 cm³/mol. The van der Waals surface area contributed by atoms with Crippen molar-refractivity contribution in [3.05, 3.63) is 85.1 Å². The lowest BCUT2D eigenvalue weighted by molar-refractivity contribution is -0.166. The molecule has 0 aliphatic rings. The largest absolute Gasteiger partial charge is 0.462 e. The molecule has 6 nitrogen and oxygen atoms in total. The quantitative estimate of drug-likeness (QED) is 0.0280. The predicted octanol–water partition coefficient (Wildman–Crippen LogP) is 12.9. The van der Waals surface area contributed by atoms with Crippen molar-refractivity contribution < 1.29 is 28.6 Å². The molecule has 0 N–H and O–H groups in total. The van der Waals surface area contributed by atoms with Crippen LogP contribution in [0.1, 0.15) is 168 Å². The Labute approximate surface area is 318 Å². The van der Waals surface area contributed by atoms with Gasteiger partial charge in [-0.2, -0.15) is 0 Å². The highest BCUT2D eigenvalue weighted by molar-refractivity contribution is 5.72. The van der Waals surface area contributed by atoms with Crippen molar-refractivity contribution in [1.29, 1.82) is 0 Å². The van der Waals surface area contributed by atoms with Gasteiger partial charge in [-0.05, 0) is 70.6 Å². The van der Waals surface area contributed by atoms with E-state index < -0.39 is 12.1 Å². The van der Waals surface area contributed by atoms with E-state index in [-0.39, 0.29) is 31.6 Å². The van der Waals surface area contributed by atoms with E-state index in [9.17, 15) is 14.4 Å². The van der Waals surface area contributed by atoms with Gasteiger partial charge in [-0.25, -0.2) is 0 Å². The molecule has 0 fully saturated rings. The van der Waals surface area contributed by atoms with E-state index in [2.05, 4.69) is 93.7 Å². The van der Waals surface area contributed by atoms with Gasteiger partial charge in [0.15, 0.2) is 6.10 Å². The Bertz CT molecular complexity index is 1060. The zero-order valence-corrected chi connectivity index (χ0v) is 33.3. The van der Waals surface area contributed by atoms with Crippen LogP contribution in [-0.4, -0.2) is 37.2 Å². The van der Waals surface area contributed by atoms with Gasteiger partial charge < -0.3 is 14.2 Å². The zero-order chi connectivity index (χ0) is 38.0. The smallest absolute Gasteiger partial charge is 0.309 e. The number of hydrogen-bond donors (Lipinski definition) is 0. The van der Waals surface area contributed by atoms with E-state index in [1.807, 2.05) is 6.08 Å². The molecular formula is C46H74O6. The SMILES string of the molecule is CC/C=C\C/C=C\C/C=C\C/C=C\C/C=C\CC(=O)OCC(COC(=O)CCCCCCC)OC(=O)CCCCCCC/C=C\C/C=C\CCCC. The van der Waals surface area contributed by atoms with Crippen molar-refractivity contribution in [2.24, 2.45) is 0 Å². The maximum atomic E-state index is 12.6.